The van der Waals surface area contributed by atoms with Crippen LogP contribution in [-0.4, -0.2) is 17.6 Å². The van der Waals surface area contributed by atoms with Crippen LogP contribution in [0.2, 0.25) is 5.02 Å². The minimum Gasteiger partial charge on any atom is -0.454 e. The number of nitrogens with zero attached hydrogens (tertiary/aromatic N) is 1. The molecule has 7 nitrogen and oxygen atoms in total. The second-order valence-electron chi connectivity index (χ2n) is 4.57. The fraction of sp³-hybridized carbons (Fsp3) is 0.0714. The Morgan fingerprint density at radius 1 is 1.30 bits per heavy atom. The van der Waals surface area contributed by atoms with Crippen LogP contribution >= 0.6 is 11.6 Å². The number of carbonyl (C=O) groups excluding carboxylic acids is 1. The van der Waals surface area contributed by atoms with E-state index in [9.17, 15) is 19.3 Å². The summed E-state index contributed by atoms with van der Waals surface area (Å²) in [5, 5.41) is 13.3. The highest BCUT2D eigenvalue weighted by Gasteiger charge is 2.21. The van der Waals surface area contributed by atoms with Crippen molar-refractivity contribution in [2.75, 3.05) is 12.1 Å². The molecule has 1 N–H and O–H groups in total. The van der Waals surface area contributed by atoms with Crippen LogP contribution in [0.1, 0.15) is 10.4 Å². The lowest BCUT2D eigenvalue weighted by molar-refractivity contribution is -0.387. The molecule has 0 atom stereocenters. The van der Waals surface area contributed by atoms with E-state index in [1.54, 1.807) is 0 Å². The second kappa shape index (κ2) is 5.73. The van der Waals surface area contributed by atoms with Crippen LogP contribution in [0.15, 0.2) is 30.3 Å². The van der Waals surface area contributed by atoms with Gasteiger partial charge >= 0.3 is 5.69 Å². The molecule has 3 rings (SSSR count). The molecule has 2 aromatic carbocycles. The number of nitro benzene ring substituents is 1. The van der Waals surface area contributed by atoms with E-state index in [1.165, 1.54) is 18.2 Å². The first kappa shape index (κ1) is 15.0. The summed E-state index contributed by atoms with van der Waals surface area (Å²) < 4.78 is 23.6. The summed E-state index contributed by atoms with van der Waals surface area (Å²) in [6.07, 6.45) is 0. The number of hydrogen-bond acceptors (Lipinski definition) is 5. The lowest BCUT2D eigenvalue weighted by atomic mass is 10.1. The first-order valence-corrected chi connectivity index (χ1v) is 6.68. The molecule has 1 aliphatic rings. The molecular formula is C14H8ClFN2O5. The predicted molar refractivity (Wildman–Crippen MR) is 78.6 cm³/mol. The number of fused-ring (bicyclic) bond motifs is 1. The van der Waals surface area contributed by atoms with Crippen molar-refractivity contribution in [3.8, 4) is 11.5 Å². The minimum atomic E-state index is -0.987. The van der Waals surface area contributed by atoms with Gasteiger partial charge < -0.3 is 14.8 Å². The number of halogens is 2. The lowest BCUT2D eigenvalue weighted by Crippen LogP contribution is -2.12. The summed E-state index contributed by atoms with van der Waals surface area (Å²) >= 11 is 5.99. The Hall–Kier alpha value is -2.87. The minimum absolute atomic E-state index is 0.00425. The number of benzene rings is 2. The molecule has 0 radical (unpaired) electrons. The van der Waals surface area contributed by atoms with E-state index in [4.69, 9.17) is 21.1 Å². The molecule has 0 aromatic heterocycles. The van der Waals surface area contributed by atoms with Gasteiger partial charge in [-0.05, 0) is 24.3 Å². The summed E-state index contributed by atoms with van der Waals surface area (Å²) in [5.74, 6) is -0.890. The van der Waals surface area contributed by atoms with Crippen LogP contribution in [0.3, 0.4) is 0 Å². The molecule has 1 amide bonds. The van der Waals surface area contributed by atoms with Gasteiger partial charge in [0.25, 0.3) is 5.91 Å². The standard InChI is InChI=1S/C14H8ClFN2O5/c15-9-3-7(4-12-13(9)23-6-22-12)14(19)17-8-1-2-10(16)11(5-8)18(20)21/h1-5H,6H2,(H,17,19). The number of carbonyl (C=O) groups is 1. The fourth-order valence-electron chi connectivity index (χ4n) is 2.03. The summed E-state index contributed by atoms with van der Waals surface area (Å²) in [6, 6.07) is 5.86. The average molecular weight is 339 g/mol. The summed E-state index contributed by atoms with van der Waals surface area (Å²) in [4.78, 5) is 22.0. The number of nitro groups is 1. The smallest absolute Gasteiger partial charge is 0.306 e. The second-order valence-corrected chi connectivity index (χ2v) is 4.98. The molecule has 1 aliphatic heterocycles. The van der Waals surface area contributed by atoms with E-state index in [-0.39, 0.29) is 23.1 Å². The zero-order valence-electron chi connectivity index (χ0n) is 11.3. The van der Waals surface area contributed by atoms with Gasteiger partial charge in [-0.15, -0.1) is 0 Å². The van der Waals surface area contributed by atoms with Crippen molar-refractivity contribution >= 4 is 28.9 Å². The molecule has 2 aromatic rings. The summed E-state index contributed by atoms with van der Waals surface area (Å²) in [7, 11) is 0. The zero-order chi connectivity index (χ0) is 16.6. The average Bonchev–Trinajstić information content (AvgIpc) is 2.98. The van der Waals surface area contributed by atoms with Crippen molar-refractivity contribution in [2.45, 2.75) is 0 Å². The molecule has 23 heavy (non-hydrogen) atoms. The lowest BCUT2D eigenvalue weighted by Gasteiger charge is -2.07. The third-order valence-electron chi connectivity index (χ3n) is 3.09. The van der Waals surface area contributed by atoms with Crippen LogP contribution in [0.4, 0.5) is 15.8 Å². The molecule has 0 spiro atoms. The Balaban J connectivity index is 1.87. The molecule has 0 bridgehead atoms. The van der Waals surface area contributed by atoms with Gasteiger partial charge in [0.1, 0.15) is 0 Å². The van der Waals surface area contributed by atoms with Crippen LogP contribution in [0.25, 0.3) is 0 Å². The number of amides is 1. The van der Waals surface area contributed by atoms with Crippen LogP contribution < -0.4 is 14.8 Å². The van der Waals surface area contributed by atoms with Gasteiger partial charge in [0.2, 0.25) is 12.6 Å². The first-order valence-electron chi connectivity index (χ1n) is 6.30. The number of hydrogen-bond donors (Lipinski definition) is 1. The Bertz CT molecular complexity index is 827. The highest BCUT2D eigenvalue weighted by molar-refractivity contribution is 6.32. The molecule has 9 heteroatoms. The van der Waals surface area contributed by atoms with E-state index in [0.717, 1.165) is 12.1 Å². The van der Waals surface area contributed by atoms with E-state index < -0.39 is 22.3 Å². The maximum absolute atomic E-state index is 13.3. The van der Waals surface area contributed by atoms with Gasteiger partial charge in [-0.1, -0.05) is 11.6 Å². The largest absolute Gasteiger partial charge is 0.454 e. The Morgan fingerprint density at radius 3 is 2.83 bits per heavy atom. The number of anilines is 1. The van der Waals surface area contributed by atoms with Crippen molar-refractivity contribution in [1.29, 1.82) is 0 Å². The summed E-state index contributed by atoms with van der Waals surface area (Å²) in [5.41, 5.74) is -0.477. The number of nitrogens with one attached hydrogen (secondary N) is 1. The van der Waals surface area contributed by atoms with Gasteiger partial charge in [0, 0.05) is 17.3 Å². The Labute approximate surface area is 133 Å². The van der Waals surface area contributed by atoms with Crippen LogP contribution in [0, 0.1) is 15.9 Å². The highest BCUT2D eigenvalue weighted by atomic mass is 35.5. The fourth-order valence-corrected chi connectivity index (χ4v) is 2.30. The van der Waals surface area contributed by atoms with Crippen molar-refractivity contribution < 1.29 is 23.6 Å². The predicted octanol–water partition coefficient (Wildman–Crippen LogP) is 3.37. The maximum atomic E-state index is 13.3. The van der Waals surface area contributed by atoms with Gasteiger partial charge in [0.15, 0.2) is 11.5 Å². The summed E-state index contributed by atoms with van der Waals surface area (Å²) in [6.45, 7) is 0.00425. The van der Waals surface area contributed by atoms with Crippen LogP contribution in [-0.2, 0) is 0 Å². The molecule has 1 heterocycles. The van der Waals surface area contributed by atoms with Gasteiger partial charge in [-0.25, -0.2) is 0 Å². The molecular weight excluding hydrogens is 331 g/mol. The van der Waals surface area contributed by atoms with E-state index in [0.29, 0.717) is 11.5 Å². The monoisotopic (exact) mass is 338 g/mol. The number of rotatable bonds is 3. The van der Waals surface area contributed by atoms with Crippen molar-refractivity contribution in [3.05, 3.63) is 56.8 Å². The quantitative estimate of drug-likeness (QED) is 0.684. The topological polar surface area (TPSA) is 90.7 Å². The Kier molecular flexibility index (Phi) is 3.75. The zero-order valence-corrected chi connectivity index (χ0v) is 12.1. The number of ether oxygens (including phenoxy) is 2. The van der Waals surface area contributed by atoms with E-state index in [1.807, 2.05) is 0 Å². The molecule has 0 aliphatic carbocycles. The van der Waals surface area contributed by atoms with Gasteiger partial charge in [-0.3, -0.25) is 14.9 Å². The van der Waals surface area contributed by atoms with Crippen LogP contribution in [0.5, 0.6) is 11.5 Å². The van der Waals surface area contributed by atoms with Crippen molar-refractivity contribution in [2.24, 2.45) is 0 Å². The normalized spacial score (nSPS) is 12.1. The van der Waals surface area contributed by atoms with E-state index >= 15 is 0 Å². The first-order chi connectivity index (χ1) is 11.0. The third kappa shape index (κ3) is 2.88. The van der Waals surface area contributed by atoms with Gasteiger partial charge in [-0.2, -0.15) is 4.39 Å². The molecule has 118 valence electrons. The third-order valence-corrected chi connectivity index (χ3v) is 3.37. The van der Waals surface area contributed by atoms with Crippen molar-refractivity contribution in [1.82, 2.24) is 0 Å². The molecule has 0 saturated carbocycles. The van der Waals surface area contributed by atoms with Gasteiger partial charge in [0.05, 0.1) is 9.95 Å². The molecule has 0 unspecified atom stereocenters. The highest BCUT2D eigenvalue weighted by Crippen LogP contribution is 2.39. The van der Waals surface area contributed by atoms with Crippen molar-refractivity contribution in [3.63, 3.8) is 0 Å². The molecule has 0 fully saturated rings. The SMILES string of the molecule is O=C(Nc1ccc(F)c([N+](=O)[O-])c1)c1cc(Cl)c2c(c1)OCO2. The Morgan fingerprint density at radius 2 is 2.09 bits per heavy atom. The maximum Gasteiger partial charge on any atom is 0.306 e. The molecule has 0 saturated heterocycles. The van der Waals surface area contributed by atoms with E-state index in [2.05, 4.69) is 5.32 Å².